The molecule has 0 amide bonds. The first-order valence-corrected chi connectivity index (χ1v) is 48.8. The number of aromatic nitrogens is 3. The normalized spacial score (nSPS) is 24.2. The Morgan fingerprint density at radius 1 is 0.238 bits per heavy atom. The Morgan fingerprint density at radius 3 is 0.836 bits per heavy atom. The van der Waals surface area contributed by atoms with E-state index in [2.05, 4.69) is 274 Å². The molecule has 0 unspecified atom stereocenters. The van der Waals surface area contributed by atoms with Crippen molar-refractivity contribution in [1.29, 1.82) is 0 Å². The molecule has 3 heterocycles. The fraction of sp³-hybridized carbons (Fsp3) is 0.471. The van der Waals surface area contributed by atoms with E-state index in [1.165, 1.54) is 274 Å². The van der Waals surface area contributed by atoms with Gasteiger partial charge in [-0.3, -0.25) is 0 Å². The fourth-order valence-corrected chi connectivity index (χ4v) is 24.9. The van der Waals surface area contributed by atoms with Gasteiger partial charge < -0.3 is 0 Å². The summed E-state index contributed by atoms with van der Waals surface area (Å²) >= 11 is 0. The maximum absolute atomic E-state index is 9.63. The Morgan fingerprint density at radius 2 is 0.508 bits per heavy atom. The molecule has 3 nitrogen and oxygen atoms in total. The van der Waals surface area contributed by atoms with Crippen molar-refractivity contribution in [3.05, 3.63) is 269 Å². The summed E-state index contributed by atoms with van der Waals surface area (Å²) in [6.07, 6.45) is 54.2. The van der Waals surface area contributed by atoms with Gasteiger partial charge in [0.1, 0.15) is 21.1 Å². The van der Waals surface area contributed by atoms with Crippen molar-refractivity contribution >= 4 is 32.3 Å². The summed E-state index contributed by atoms with van der Waals surface area (Å²) in [5, 5.41) is 7.36. The van der Waals surface area contributed by atoms with Gasteiger partial charge in [0, 0.05) is 59.8 Å². The smallest absolute Gasteiger partial charge is 0.201 e. The monoisotopic (exact) mass is 1620 g/mol. The second-order valence-corrected chi connectivity index (χ2v) is 40.0. The minimum atomic E-state index is -0.553. The minimum Gasteiger partial charge on any atom is -0.201 e. The zero-order chi connectivity index (χ0) is 88.2. The molecule has 122 heavy (non-hydrogen) atoms. The van der Waals surface area contributed by atoms with Crippen LogP contribution in [0, 0.1) is 43.4 Å². The van der Waals surface area contributed by atoms with E-state index in [0.717, 1.165) is 144 Å². The topological polar surface area (TPSA) is 11.6 Å². The molecule has 3 heteroatoms. The van der Waals surface area contributed by atoms with Crippen LogP contribution in [0.2, 0.25) is 0 Å². The maximum Gasteiger partial charge on any atom is 0.213 e. The fourth-order valence-electron chi connectivity index (χ4n) is 24.9. The zero-order valence-corrected chi connectivity index (χ0v) is 75.1. The molecule has 9 fully saturated rings. The number of fused-ring (bicyclic) bond motifs is 3. The van der Waals surface area contributed by atoms with Gasteiger partial charge in [-0.25, -0.2) is 13.7 Å². The third kappa shape index (κ3) is 18.0. The minimum absolute atomic E-state index is 0.454. The van der Waals surface area contributed by atoms with Crippen molar-refractivity contribution < 1.29 is 21.9 Å². The van der Waals surface area contributed by atoms with E-state index in [-0.39, 0.29) is 0 Å². The molecule has 9 aromatic carbocycles. The molecule has 0 saturated heterocycles. The van der Waals surface area contributed by atoms with Crippen LogP contribution in [0.4, 0.5) is 0 Å². The van der Waals surface area contributed by atoms with Crippen molar-refractivity contribution in [2.24, 2.45) is 43.8 Å². The van der Waals surface area contributed by atoms with Crippen LogP contribution in [0.25, 0.3) is 99.5 Å². The van der Waals surface area contributed by atoms with Gasteiger partial charge in [0.05, 0.1) is 0 Å². The van der Waals surface area contributed by atoms with Gasteiger partial charge in [-0.15, -0.1) is 0 Å². The first kappa shape index (κ1) is 75.7. The largest absolute Gasteiger partial charge is 0.213 e. The highest BCUT2D eigenvalue weighted by Crippen LogP contribution is 2.55. The molecule has 12 aromatic rings. The average molecular weight is 1620 g/mol. The third-order valence-electron chi connectivity index (χ3n) is 32.4. The number of pyridine rings is 3. The number of aryl methyl sites for hydroxylation is 6. The highest BCUT2D eigenvalue weighted by atomic mass is 14.9. The van der Waals surface area contributed by atoms with Crippen molar-refractivity contribution in [3.8, 4) is 67.2 Å². The molecule has 9 aliphatic carbocycles. The molecular weight excluding hydrogens is 1470 g/mol. The first-order chi connectivity index (χ1) is 61.9. The first-order valence-electron chi connectivity index (χ1n) is 51.8. The molecule has 21 rings (SSSR count). The van der Waals surface area contributed by atoms with Crippen LogP contribution < -0.4 is 13.7 Å². The molecule has 9 aliphatic rings. The Hall–Kier alpha value is -8.79. The summed E-state index contributed by atoms with van der Waals surface area (Å²) in [6, 6.07) is 73.9. The molecule has 3 aromatic heterocycles. The highest BCUT2D eigenvalue weighted by Gasteiger charge is 2.40. The van der Waals surface area contributed by atoms with Gasteiger partial charge in [-0.05, 0) is 356 Å². The number of hydrogen-bond acceptors (Lipinski definition) is 0. The Bertz CT molecular complexity index is 6030. The van der Waals surface area contributed by atoms with Crippen LogP contribution in [0.5, 0.6) is 0 Å². The SMILES string of the molecule is [2H]C1(c2ccc3cc(-c4cc(-c5ccccc5C)[n+](C)cc4C4([2H])CCCCC4)ccc3c2)CCC(C2CCCC2)CC1.[2H]C1(c2ccc3cc(-c4cc(-c5ccccc5C)[n+](C)cc4C4([2H])CCCCC4)ccc3c2)CCC2(CCCC2)CC1.[2H]C1(c2ccc3cc(-c4cc(-c5ccccc5C)[n+](C)cc4C4([2H])CCCCC4)ccc3c2)CCC2(CCCCC2)CC1. The average Bonchev–Trinajstić information content (AvgIpc) is 0.949. The predicted octanol–water partition coefficient (Wildman–Crippen LogP) is 32.4. The van der Waals surface area contributed by atoms with Gasteiger partial charge in [0.25, 0.3) is 0 Å². The van der Waals surface area contributed by atoms with Gasteiger partial charge in [-0.2, -0.15) is 0 Å². The number of nitrogens with zero attached hydrogens (tertiary/aromatic N) is 3. The number of hydrogen-bond donors (Lipinski definition) is 0. The van der Waals surface area contributed by atoms with E-state index in [1.54, 1.807) is 0 Å². The van der Waals surface area contributed by atoms with E-state index in [9.17, 15) is 8.22 Å². The summed E-state index contributed by atoms with van der Waals surface area (Å²) in [4.78, 5) is 0. The van der Waals surface area contributed by atoms with Crippen LogP contribution in [-0.4, -0.2) is 0 Å². The van der Waals surface area contributed by atoms with Crippen LogP contribution >= 0.6 is 0 Å². The predicted molar refractivity (Wildman–Crippen MR) is 515 cm³/mol. The van der Waals surface area contributed by atoms with E-state index < -0.39 is 35.4 Å². The van der Waals surface area contributed by atoms with Crippen LogP contribution in [0.1, 0.15) is 350 Å². The lowest BCUT2D eigenvalue weighted by Crippen LogP contribution is -2.32. The van der Waals surface area contributed by atoms with Crippen molar-refractivity contribution in [2.45, 2.75) is 313 Å². The molecule has 0 atom stereocenters. The zero-order valence-electron chi connectivity index (χ0n) is 81.1. The van der Waals surface area contributed by atoms with Gasteiger partial charge in [0.2, 0.25) is 17.1 Å². The van der Waals surface area contributed by atoms with Crippen LogP contribution in [0.3, 0.4) is 0 Å². The van der Waals surface area contributed by atoms with Gasteiger partial charge >= 0.3 is 0 Å². The standard InChI is InChI=1S/2C40H48N.C39H46N/c1-29-11-7-8-14-36(29)39-27-37(38(28-41(39)2)31-12-5-3-6-13-31)35-18-17-33-25-32(15-16-34(33)26-35)30-19-23-40(24-20-30)21-9-4-10-22-40;1-28-10-6-9-15-37(28)40-26-38(39(27-41(40)2)32-13-4-3-5-14-32)36-23-22-34-24-33(20-21-35(34)25-36)31-18-16-30(17-19-31)29-11-7-8-12-29;1-28-10-6-7-13-35(28)38-26-36(37(27-40(38)2)30-11-4-3-5-12-30)34-17-16-32-24-31(14-15-33(32)25-34)29-18-22-39(23-19-29)20-8-9-21-39/h7-8,11,14-18,25-28,30-31H,3-6,9-10,12-13,19-24H2,1-2H3;6,9-10,15,20-27,29-32H,3-5,7-8,11-14,16-19H2,1-2H3;6-7,10,13-17,24-27,29-30H,3-5,8-9,11-12,18-23H2,1-2H3/q3*+1/i30D,31D;31D,32D;29D,30D. The third-order valence-corrected chi connectivity index (χ3v) is 32.4. The second kappa shape index (κ2) is 37.2. The number of benzene rings is 9. The second-order valence-electron chi connectivity index (χ2n) is 40.0. The van der Waals surface area contributed by atoms with Gasteiger partial charge in [-0.1, -0.05) is 261 Å². The summed E-state index contributed by atoms with van der Waals surface area (Å²) in [5.41, 5.74) is 26.4. The Kier molecular flexibility index (Phi) is 23.1. The number of rotatable bonds is 13. The van der Waals surface area contributed by atoms with Gasteiger partial charge in [0.15, 0.2) is 18.6 Å². The molecule has 0 radical (unpaired) electrons. The van der Waals surface area contributed by atoms with Crippen molar-refractivity contribution in [2.75, 3.05) is 0 Å². The molecule has 0 bridgehead atoms. The lowest BCUT2D eigenvalue weighted by Gasteiger charge is -2.43. The van der Waals surface area contributed by atoms with E-state index in [4.69, 9.17) is 0 Å². The maximum atomic E-state index is 9.63. The quantitative estimate of drug-likeness (QED) is 0.102. The Balaban J connectivity index is 0.000000125. The molecule has 0 aliphatic heterocycles. The molecule has 2 spiro atoms. The highest BCUT2D eigenvalue weighted by molar-refractivity contribution is 5.92. The molecular formula is C119H142N3+3. The van der Waals surface area contributed by atoms with Crippen molar-refractivity contribution in [3.63, 3.8) is 0 Å². The Labute approximate surface area is 742 Å². The summed E-state index contributed by atoms with van der Waals surface area (Å²) in [5.74, 6) is -1.26. The van der Waals surface area contributed by atoms with E-state index in [1.807, 2.05) is 0 Å². The van der Waals surface area contributed by atoms with Crippen LogP contribution in [0.15, 0.2) is 219 Å². The molecule has 630 valence electrons. The lowest BCUT2D eigenvalue weighted by atomic mass is 9.62. The van der Waals surface area contributed by atoms with E-state index >= 15 is 0 Å². The van der Waals surface area contributed by atoms with E-state index in [0.29, 0.717) is 10.8 Å². The van der Waals surface area contributed by atoms with Crippen LogP contribution in [-0.2, 0) is 21.1 Å². The molecule has 0 N–H and O–H groups in total. The van der Waals surface area contributed by atoms with Crippen molar-refractivity contribution in [1.82, 2.24) is 0 Å². The summed E-state index contributed by atoms with van der Waals surface area (Å²) in [6.45, 7) is 6.55. The molecule has 9 saturated carbocycles. The summed E-state index contributed by atoms with van der Waals surface area (Å²) < 4.78 is 64.0. The lowest BCUT2D eigenvalue weighted by molar-refractivity contribution is -0.660. The summed E-state index contributed by atoms with van der Waals surface area (Å²) in [7, 11) is 6.42.